The van der Waals surface area contributed by atoms with Crippen LogP contribution in [0.15, 0.2) is 11.1 Å². The fourth-order valence-electron chi connectivity index (χ4n) is 1.91. The van der Waals surface area contributed by atoms with Gasteiger partial charge in [-0.15, -0.1) is 0 Å². The number of carbonyl (C=O) groups is 1. The van der Waals surface area contributed by atoms with Crippen molar-refractivity contribution >= 4 is 17.7 Å². The van der Waals surface area contributed by atoms with Crippen molar-refractivity contribution in [2.45, 2.75) is 11.8 Å². The maximum atomic E-state index is 12.0. The van der Waals surface area contributed by atoms with E-state index in [1.54, 1.807) is 11.8 Å². The smallest absolute Gasteiger partial charge is 0.255 e. The summed E-state index contributed by atoms with van der Waals surface area (Å²) in [5.74, 6) is 0.0408. The molecule has 0 spiro atoms. The van der Waals surface area contributed by atoms with Crippen LogP contribution in [-0.2, 0) is 9.53 Å². The van der Waals surface area contributed by atoms with Crippen LogP contribution in [0.1, 0.15) is 6.92 Å². The van der Waals surface area contributed by atoms with Gasteiger partial charge in [0.25, 0.3) is 5.91 Å². The van der Waals surface area contributed by atoms with Crippen LogP contribution >= 0.6 is 11.8 Å². The minimum Gasteiger partial charge on any atom is -0.379 e. The highest BCUT2D eigenvalue weighted by molar-refractivity contribution is 8.05. The molecule has 0 aromatic heterocycles. The van der Waals surface area contributed by atoms with Gasteiger partial charge in [-0.25, -0.2) is 0 Å². The molecule has 1 unspecified atom stereocenters. The molecular weight excluding hydrogens is 226 g/mol. The van der Waals surface area contributed by atoms with Gasteiger partial charge in [0.15, 0.2) is 4.87 Å². The monoisotopic (exact) mass is 243 g/mol. The molecule has 1 atom stereocenters. The second-order valence-corrected chi connectivity index (χ2v) is 5.38. The third-order valence-electron chi connectivity index (χ3n) is 2.88. The van der Waals surface area contributed by atoms with Crippen LogP contribution in [0.25, 0.3) is 0 Å². The summed E-state index contributed by atoms with van der Waals surface area (Å²) in [5, 5.41) is 3.73. The number of rotatable bonds is 2. The first kappa shape index (κ1) is 11.9. The van der Waals surface area contributed by atoms with Crippen LogP contribution < -0.4 is 11.1 Å². The number of ether oxygens (including phenoxy) is 1. The Morgan fingerprint density at radius 3 is 2.94 bits per heavy atom. The van der Waals surface area contributed by atoms with E-state index in [1.165, 1.54) is 0 Å². The van der Waals surface area contributed by atoms with Crippen molar-refractivity contribution in [3.8, 4) is 0 Å². The van der Waals surface area contributed by atoms with Gasteiger partial charge in [-0.2, -0.15) is 0 Å². The van der Waals surface area contributed by atoms with Crippen LogP contribution in [0, 0.1) is 0 Å². The first-order valence-corrected chi connectivity index (χ1v) is 6.22. The van der Waals surface area contributed by atoms with Crippen LogP contribution in [0.2, 0.25) is 0 Å². The number of carbonyl (C=O) groups excluding carboxylic acids is 1. The van der Waals surface area contributed by atoms with Crippen molar-refractivity contribution in [2.24, 2.45) is 5.73 Å². The van der Waals surface area contributed by atoms with Gasteiger partial charge < -0.3 is 15.8 Å². The number of nitrogens with two attached hydrogens (primary N) is 1. The van der Waals surface area contributed by atoms with E-state index in [9.17, 15) is 4.79 Å². The zero-order valence-corrected chi connectivity index (χ0v) is 10.2. The van der Waals surface area contributed by atoms with E-state index in [4.69, 9.17) is 10.5 Å². The molecule has 2 aliphatic rings. The Hall–Kier alpha value is -0.560. The summed E-state index contributed by atoms with van der Waals surface area (Å²) in [4.78, 5) is 13.6. The van der Waals surface area contributed by atoms with Crippen LogP contribution in [0.4, 0.5) is 0 Å². The maximum Gasteiger partial charge on any atom is 0.255 e. The number of nitrogens with one attached hydrogen (secondary N) is 1. The topological polar surface area (TPSA) is 67.6 Å². The Kier molecular flexibility index (Phi) is 3.53. The van der Waals surface area contributed by atoms with Crippen LogP contribution in [0.3, 0.4) is 0 Å². The zero-order chi connectivity index (χ0) is 11.6. The van der Waals surface area contributed by atoms with Gasteiger partial charge in [0.2, 0.25) is 0 Å². The van der Waals surface area contributed by atoms with Gasteiger partial charge in [-0.1, -0.05) is 11.8 Å². The van der Waals surface area contributed by atoms with Gasteiger partial charge in [0.1, 0.15) is 0 Å². The highest BCUT2D eigenvalue weighted by atomic mass is 32.2. The van der Waals surface area contributed by atoms with E-state index in [0.717, 1.165) is 18.1 Å². The summed E-state index contributed by atoms with van der Waals surface area (Å²) < 4.78 is 5.30. The molecule has 0 aromatic rings. The van der Waals surface area contributed by atoms with Crippen molar-refractivity contribution < 1.29 is 9.53 Å². The molecule has 0 aromatic carbocycles. The Morgan fingerprint density at radius 2 is 2.31 bits per heavy atom. The highest BCUT2D eigenvalue weighted by Crippen LogP contribution is 2.39. The van der Waals surface area contributed by atoms with Gasteiger partial charge in [-0.05, 0) is 13.0 Å². The maximum absolute atomic E-state index is 12.0. The Bertz CT molecular complexity index is 315. The second-order valence-electron chi connectivity index (χ2n) is 3.94. The minimum atomic E-state index is -0.509. The molecule has 0 aliphatic carbocycles. The number of nitrogens with zero attached hydrogens (tertiary/aromatic N) is 1. The van der Waals surface area contributed by atoms with Gasteiger partial charge in [0, 0.05) is 19.6 Å². The molecule has 6 heteroatoms. The van der Waals surface area contributed by atoms with Crippen LogP contribution in [-0.4, -0.2) is 48.5 Å². The number of hydrogen-bond donors (Lipinski definition) is 2. The molecule has 0 radical (unpaired) electrons. The predicted molar refractivity (Wildman–Crippen MR) is 63.7 cm³/mol. The lowest BCUT2D eigenvalue weighted by atomic mass is 10.2. The predicted octanol–water partition coefficient (Wildman–Crippen LogP) is -0.302. The fourth-order valence-corrected chi connectivity index (χ4v) is 3.12. The molecule has 90 valence electrons. The zero-order valence-electron chi connectivity index (χ0n) is 9.36. The summed E-state index contributed by atoms with van der Waals surface area (Å²) in [7, 11) is 0. The molecular formula is C10H17N3O2S. The number of thioether (sulfide) groups is 1. The lowest BCUT2D eigenvalue weighted by Crippen LogP contribution is -2.54. The normalized spacial score (nSPS) is 34.4. The average Bonchev–Trinajstić information content (AvgIpc) is 2.57. The van der Waals surface area contributed by atoms with E-state index >= 15 is 0 Å². The molecule has 16 heavy (non-hydrogen) atoms. The van der Waals surface area contributed by atoms with E-state index in [-0.39, 0.29) is 5.91 Å². The number of hydrogen-bond acceptors (Lipinski definition) is 5. The van der Waals surface area contributed by atoms with Crippen molar-refractivity contribution in [1.82, 2.24) is 10.2 Å². The Morgan fingerprint density at radius 1 is 1.62 bits per heavy atom. The SMILES string of the molecule is CC1(N2CCOCC2)S/C(=C/CN)NC1=O. The quantitative estimate of drug-likeness (QED) is 0.697. The molecule has 2 saturated heterocycles. The van der Waals surface area contributed by atoms with E-state index in [2.05, 4.69) is 10.2 Å². The third kappa shape index (κ3) is 2.10. The molecule has 5 nitrogen and oxygen atoms in total. The molecule has 3 N–H and O–H groups in total. The van der Waals surface area contributed by atoms with Crippen molar-refractivity contribution in [1.29, 1.82) is 0 Å². The van der Waals surface area contributed by atoms with Gasteiger partial charge >= 0.3 is 0 Å². The fraction of sp³-hybridized carbons (Fsp3) is 0.700. The molecule has 2 fully saturated rings. The molecule has 2 rings (SSSR count). The molecule has 0 bridgehead atoms. The number of morpholine rings is 1. The van der Waals surface area contributed by atoms with E-state index in [0.29, 0.717) is 19.8 Å². The lowest BCUT2D eigenvalue weighted by Gasteiger charge is -2.37. The largest absolute Gasteiger partial charge is 0.379 e. The third-order valence-corrected chi connectivity index (χ3v) is 4.21. The Balaban J connectivity index is 2.11. The van der Waals surface area contributed by atoms with Crippen LogP contribution in [0.5, 0.6) is 0 Å². The number of amides is 1. The van der Waals surface area contributed by atoms with E-state index < -0.39 is 4.87 Å². The van der Waals surface area contributed by atoms with Gasteiger partial charge in [0.05, 0.1) is 18.2 Å². The first-order chi connectivity index (χ1) is 7.66. The van der Waals surface area contributed by atoms with Crippen molar-refractivity contribution in [3.05, 3.63) is 11.1 Å². The summed E-state index contributed by atoms with van der Waals surface area (Å²) in [5.41, 5.74) is 5.45. The standard InChI is InChI=1S/C10H17N3O2S/c1-10(13-4-6-15-7-5-13)9(14)12-8(16-10)2-3-11/h2H,3-7,11H2,1H3,(H,12,14)/b8-2+. The van der Waals surface area contributed by atoms with E-state index in [1.807, 2.05) is 13.0 Å². The van der Waals surface area contributed by atoms with Gasteiger partial charge in [-0.3, -0.25) is 9.69 Å². The Labute approximate surface area is 99.4 Å². The molecule has 2 heterocycles. The molecule has 0 saturated carbocycles. The molecule has 1 amide bonds. The second kappa shape index (κ2) is 4.75. The highest BCUT2D eigenvalue weighted by Gasteiger charge is 2.46. The summed E-state index contributed by atoms with van der Waals surface area (Å²) >= 11 is 1.54. The average molecular weight is 243 g/mol. The summed E-state index contributed by atoms with van der Waals surface area (Å²) in [6.45, 7) is 5.38. The molecule has 2 aliphatic heterocycles. The van der Waals surface area contributed by atoms with Crippen molar-refractivity contribution in [2.75, 3.05) is 32.8 Å². The first-order valence-electron chi connectivity index (χ1n) is 5.40. The summed E-state index contributed by atoms with van der Waals surface area (Å²) in [6.07, 6.45) is 1.84. The lowest BCUT2D eigenvalue weighted by molar-refractivity contribution is -0.127. The minimum absolute atomic E-state index is 0.0408. The van der Waals surface area contributed by atoms with Crippen molar-refractivity contribution in [3.63, 3.8) is 0 Å². The summed E-state index contributed by atoms with van der Waals surface area (Å²) in [6, 6.07) is 0.